The molecule has 1 aliphatic rings. The minimum Gasteiger partial charge on any atom is -0.490 e. The summed E-state index contributed by atoms with van der Waals surface area (Å²) in [5, 5.41) is 0.570. The molecule has 0 spiro atoms. The average Bonchev–Trinajstić information content (AvgIpc) is 3.16. The van der Waals surface area contributed by atoms with Gasteiger partial charge in [0.05, 0.1) is 22.9 Å². The number of amides is 2. The van der Waals surface area contributed by atoms with Crippen LogP contribution in [-0.4, -0.2) is 42.8 Å². The molecule has 0 atom stereocenters. The Kier molecular flexibility index (Phi) is 7.52. The molecule has 8 heteroatoms. The van der Waals surface area contributed by atoms with Crippen molar-refractivity contribution in [2.45, 2.75) is 6.92 Å². The number of carbonyl (C=O) groups is 2. The largest absolute Gasteiger partial charge is 0.490 e. The van der Waals surface area contributed by atoms with Gasteiger partial charge < -0.3 is 14.4 Å². The SMILES string of the molecule is CCOc1cc(/C=C2/SC(=Nc3ccccc3)N(c3ccccc3)C2=O)ccc1OC(=O)N(C)C. The van der Waals surface area contributed by atoms with Crippen LogP contribution in [0, 0.1) is 0 Å². The lowest BCUT2D eigenvalue weighted by Gasteiger charge is -2.15. The third kappa shape index (κ3) is 5.73. The molecular formula is C27H25N3O4S. The summed E-state index contributed by atoms with van der Waals surface area (Å²) in [6.07, 6.45) is 1.29. The third-order valence-corrected chi connectivity index (χ3v) is 5.90. The van der Waals surface area contributed by atoms with E-state index in [9.17, 15) is 9.59 Å². The molecule has 3 aromatic rings. The monoisotopic (exact) mass is 487 g/mol. The Morgan fingerprint density at radius 3 is 2.34 bits per heavy atom. The molecule has 178 valence electrons. The number of carbonyl (C=O) groups excluding carboxylic acids is 2. The van der Waals surface area contributed by atoms with Crippen molar-refractivity contribution in [2.24, 2.45) is 4.99 Å². The number of benzene rings is 3. The van der Waals surface area contributed by atoms with Gasteiger partial charge in [-0.15, -0.1) is 0 Å². The molecule has 1 saturated heterocycles. The van der Waals surface area contributed by atoms with E-state index in [2.05, 4.69) is 0 Å². The van der Waals surface area contributed by atoms with Crippen LogP contribution < -0.4 is 14.4 Å². The van der Waals surface area contributed by atoms with E-state index in [-0.39, 0.29) is 5.91 Å². The predicted molar refractivity (Wildman–Crippen MR) is 140 cm³/mol. The first-order chi connectivity index (χ1) is 17.0. The highest BCUT2D eigenvalue weighted by atomic mass is 32.2. The minimum atomic E-state index is -0.501. The molecule has 0 aromatic heterocycles. The van der Waals surface area contributed by atoms with Gasteiger partial charge in [0.1, 0.15) is 0 Å². The van der Waals surface area contributed by atoms with E-state index in [1.54, 1.807) is 43.3 Å². The Hall–Kier alpha value is -4.04. The molecule has 3 aromatic carbocycles. The van der Waals surface area contributed by atoms with E-state index in [4.69, 9.17) is 14.5 Å². The number of hydrogen-bond donors (Lipinski definition) is 0. The molecule has 0 radical (unpaired) electrons. The van der Waals surface area contributed by atoms with Crippen molar-refractivity contribution < 1.29 is 19.1 Å². The molecule has 1 heterocycles. The lowest BCUT2D eigenvalue weighted by atomic mass is 10.1. The summed E-state index contributed by atoms with van der Waals surface area (Å²) in [4.78, 5) is 33.7. The molecule has 4 rings (SSSR count). The molecular weight excluding hydrogens is 462 g/mol. The average molecular weight is 488 g/mol. The Balaban J connectivity index is 1.70. The van der Waals surface area contributed by atoms with Crippen LogP contribution in [0.1, 0.15) is 12.5 Å². The van der Waals surface area contributed by atoms with E-state index < -0.39 is 6.09 Å². The van der Waals surface area contributed by atoms with Crippen molar-refractivity contribution in [3.05, 3.63) is 89.3 Å². The Bertz CT molecular complexity index is 1270. The molecule has 1 aliphatic heterocycles. The lowest BCUT2D eigenvalue weighted by molar-refractivity contribution is -0.113. The van der Waals surface area contributed by atoms with Gasteiger partial charge in [-0.1, -0.05) is 42.5 Å². The van der Waals surface area contributed by atoms with E-state index in [0.717, 1.165) is 16.9 Å². The molecule has 1 fully saturated rings. The molecule has 0 N–H and O–H groups in total. The first-order valence-electron chi connectivity index (χ1n) is 11.0. The second-order valence-corrected chi connectivity index (χ2v) is 8.73. The Morgan fingerprint density at radius 2 is 1.69 bits per heavy atom. The summed E-state index contributed by atoms with van der Waals surface area (Å²) in [5.74, 6) is 0.567. The number of para-hydroxylation sites is 2. The zero-order valence-corrected chi connectivity index (χ0v) is 20.5. The molecule has 0 saturated carbocycles. The van der Waals surface area contributed by atoms with Crippen LogP contribution in [0.15, 0.2) is 88.8 Å². The number of ether oxygens (including phenoxy) is 2. The molecule has 0 bridgehead atoms. The van der Waals surface area contributed by atoms with Gasteiger partial charge >= 0.3 is 6.09 Å². The van der Waals surface area contributed by atoms with Gasteiger partial charge in [0.15, 0.2) is 16.7 Å². The van der Waals surface area contributed by atoms with Crippen molar-refractivity contribution in [3.8, 4) is 11.5 Å². The number of nitrogens with zero attached hydrogens (tertiary/aromatic N) is 3. The van der Waals surface area contributed by atoms with E-state index in [0.29, 0.717) is 28.2 Å². The molecule has 0 unspecified atom stereocenters. The quantitative estimate of drug-likeness (QED) is 0.402. The predicted octanol–water partition coefficient (Wildman–Crippen LogP) is 5.95. The number of aliphatic imine (C=N–C) groups is 1. The number of anilines is 1. The Labute approximate surface area is 208 Å². The van der Waals surface area contributed by atoms with Crippen LogP contribution in [0.4, 0.5) is 16.2 Å². The fourth-order valence-electron chi connectivity index (χ4n) is 3.27. The fraction of sp³-hybridized carbons (Fsp3) is 0.148. The van der Waals surface area contributed by atoms with Crippen LogP contribution in [0.3, 0.4) is 0 Å². The highest BCUT2D eigenvalue weighted by Gasteiger charge is 2.34. The molecule has 0 aliphatic carbocycles. The van der Waals surface area contributed by atoms with Gasteiger partial charge in [-0.05, 0) is 66.7 Å². The van der Waals surface area contributed by atoms with Crippen LogP contribution in [0.5, 0.6) is 11.5 Å². The maximum absolute atomic E-state index is 13.5. The normalized spacial score (nSPS) is 15.5. The fourth-order valence-corrected chi connectivity index (χ4v) is 4.27. The molecule has 7 nitrogen and oxygen atoms in total. The first kappa shape index (κ1) is 24.1. The topological polar surface area (TPSA) is 71.4 Å². The van der Waals surface area contributed by atoms with Gasteiger partial charge in [-0.2, -0.15) is 0 Å². The molecule has 2 amide bonds. The zero-order chi connectivity index (χ0) is 24.8. The van der Waals surface area contributed by atoms with E-state index in [1.165, 1.54) is 16.7 Å². The van der Waals surface area contributed by atoms with Crippen LogP contribution >= 0.6 is 11.8 Å². The van der Waals surface area contributed by atoms with Gasteiger partial charge in [0, 0.05) is 14.1 Å². The van der Waals surface area contributed by atoms with Crippen LogP contribution in [-0.2, 0) is 4.79 Å². The second kappa shape index (κ2) is 10.9. The van der Waals surface area contributed by atoms with Crippen molar-refractivity contribution >= 4 is 46.4 Å². The number of amidine groups is 1. The van der Waals surface area contributed by atoms with Crippen LogP contribution in [0.25, 0.3) is 6.08 Å². The van der Waals surface area contributed by atoms with Gasteiger partial charge in [-0.3, -0.25) is 9.69 Å². The van der Waals surface area contributed by atoms with Crippen molar-refractivity contribution in [1.82, 2.24) is 4.90 Å². The summed E-state index contributed by atoms with van der Waals surface area (Å²) in [6, 6.07) is 24.2. The maximum Gasteiger partial charge on any atom is 0.414 e. The standard InChI is InChI=1S/C27H25N3O4S/c1-4-33-23-17-19(15-16-22(23)34-27(32)29(2)3)18-24-25(31)30(21-13-9-6-10-14-21)26(35-24)28-20-11-7-5-8-12-20/h5-18H,4H2,1-3H3/b24-18+,28-26?. The minimum absolute atomic E-state index is 0.169. The second-order valence-electron chi connectivity index (χ2n) is 7.72. The van der Waals surface area contributed by atoms with E-state index in [1.807, 2.05) is 67.6 Å². The highest BCUT2D eigenvalue weighted by Crippen LogP contribution is 2.38. The van der Waals surface area contributed by atoms with Crippen molar-refractivity contribution in [2.75, 3.05) is 25.6 Å². The lowest BCUT2D eigenvalue weighted by Crippen LogP contribution is -2.28. The summed E-state index contributed by atoms with van der Waals surface area (Å²) >= 11 is 1.30. The van der Waals surface area contributed by atoms with Crippen LogP contribution in [0.2, 0.25) is 0 Å². The maximum atomic E-state index is 13.5. The summed E-state index contributed by atoms with van der Waals surface area (Å²) in [6.45, 7) is 2.25. The Morgan fingerprint density at radius 1 is 1.00 bits per heavy atom. The number of rotatable bonds is 6. The number of hydrogen-bond acceptors (Lipinski definition) is 6. The molecule has 35 heavy (non-hydrogen) atoms. The van der Waals surface area contributed by atoms with Gasteiger partial charge in [0.2, 0.25) is 0 Å². The smallest absolute Gasteiger partial charge is 0.414 e. The summed E-state index contributed by atoms with van der Waals surface area (Å²) in [5.41, 5.74) is 2.24. The zero-order valence-electron chi connectivity index (χ0n) is 19.7. The summed E-state index contributed by atoms with van der Waals surface area (Å²) < 4.78 is 11.1. The van der Waals surface area contributed by atoms with E-state index >= 15 is 0 Å². The van der Waals surface area contributed by atoms with Crippen molar-refractivity contribution in [3.63, 3.8) is 0 Å². The first-order valence-corrected chi connectivity index (χ1v) is 11.9. The summed E-state index contributed by atoms with van der Waals surface area (Å²) in [7, 11) is 3.22. The van der Waals surface area contributed by atoms with Gasteiger partial charge in [0.25, 0.3) is 5.91 Å². The highest BCUT2D eigenvalue weighted by molar-refractivity contribution is 8.19. The number of thioether (sulfide) groups is 1. The van der Waals surface area contributed by atoms with Gasteiger partial charge in [-0.25, -0.2) is 9.79 Å². The van der Waals surface area contributed by atoms with Crippen molar-refractivity contribution in [1.29, 1.82) is 0 Å². The third-order valence-electron chi connectivity index (χ3n) is 4.93.